The number of halogens is 2. The number of alkyl halides is 2. The van der Waals surface area contributed by atoms with Gasteiger partial charge in [0.2, 0.25) is 5.43 Å². The number of allylic oxidation sites excluding steroid dienone is 2. The molecule has 0 N–H and O–H groups in total. The summed E-state index contributed by atoms with van der Waals surface area (Å²) in [6, 6.07) is 6.43. The molecule has 0 aliphatic rings. The molecule has 5 heteroatoms. The number of benzene rings is 1. The molecule has 0 fully saturated rings. The molecule has 2 atom stereocenters. The molecule has 3 nitrogen and oxygen atoms in total. The Morgan fingerprint density at radius 2 is 1.70 bits per heavy atom. The Hall–Kier alpha value is -2.43. The Labute approximate surface area is 114 Å². The van der Waals surface area contributed by atoms with Crippen molar-refractivity contribution in [3.05, 3.63) is 71.1 Å². The molecule has 1 heterocycles. The monoisotopic (exact) mass is 274 g/mol. The largest absolute Gasteiger partial charge is 0.287 e. The molecule has 1 aromatic heterocycles. The van der Waals surface area contributed by atoms with Crippen LogP contribution in [0.1, 0.15) is 23.6 Å². The minimum absolute atomic E-state index is 0.208. The fourth-order valence-corrected chi connectivity index (χ4v) is 1.89. The molecule has 0 radical (unpaired) electrons. The highest BCUT2D eigenvalue weighted by Gasteiger charge is 2.20. The fourth-order valence-electron chi connectivity index (χ4n) is 1.89. The van der Waals surface area contributed by atoms with Crippen molar-refractivity contribution in [1.82, 2.24) is 10.2 Å². The van der Waals surface area contributed by atoms with Crippen molar-refractivity contribution in [2.45, 2.75) is 12.3 Å². The van der Waals surface area contributed by atoms with E-state index < -0.39 is 23.5 Å². The van der Waals surface area contributed by atoms with E-state index in [1.807, 2.05) is 0 Å². The van der Waals surface area contributed by atoms with Gasteiger partial charge in [-0.15, -0.1) is 10.2 Å². The molecule has 20 heavy (non-hydrogen) atoms. The third-order valence-corrected chi connectivity index (χ3v) is 2.89. The second-order valence-corrected chi connectivity index (χ2v) is 4.12. The van der Waals surface area contributed by atoms with Gasteiger partial charge in [0.05, 0.1) is 5.52 Å². The molecule has 2 unspecified atom stereocenters. The molecule has 0 aliphatic carbocycles. The van der Waals surface area contributed by atoms with Crippen LogP contribution in [0.4, 0.5) is 8.78 Å². The van der Waals surface area contributed by atoms with Crippen LogP contribution in [-0.2, 0) is 0 Å². The van der Waals surface area contributed by atoms with Crippen molar-refractivity contribution >= 4 is 10.9 Å². The van der Waals surface area contributed by atoms with Gasteiger partial charge in [-0.1, -0.05) is 43.5 Å². The van der Waals surface area contributed by atoms with E-state index in [4.69, 9.17) is 0 Å². The summed E-state index contributed by atoms with van der Waals surface area (Å²) >= 11 is 0. The maximum absolute atomic E-state index is 14.0. The molecule has 0 aliphatic heterocycles. The van der Waals surface area contributed by atoms with E-state index in [-0.39, 0.29) is 5.56 Å². The van der Waals surface area contributed by atoms with E-state index in [0.29, 0.717) is 10.9 Å². The van der Waals surface area contributed by atoms with Crippen LogP contribution < -0.4 is 5.43 Å². The average molecular weight is 274 g/mol. The number of fused-ring (bicyclic) bond motifs is 1. The van der Waals surface area contributed by atoms with Crippen LogP contribution in [0.15, 0.2) is 54.4 Å². The predicted molar refractivity (Wildman–Crippen MR) is 73.9 cm³/mol. The van der Waals surface area contributed by atoms with Crippen molar-refractivity contribution in [3.63, 3.8) is 0 Å². The van der Waals surface area contributed by atoms with Crippen LogP contribution >= 0.6 is 0 Å². The summed E-state index contributed by atoms with van der Waals surface area (Å²) < 4.78 is 27.8. The zero-order valence-corrected chi connectivity index (χ0v) is 10.6. The molecule has 0 amide bonds. The molecule has 0 saturated carbocycles. The summed E-state index contributed by atoms with van der Waals surface area (Å²) in [5, 5.41) is 7.71. The number of aromatic nitrogens is 2. The lowest BCUT2D eigenvalue weighted by molar-refractivity contribution is 0.395. The third kappa shape index (κ3) is 2.34. The van der Waals surface area contributed by atoms with Crippen LogP contribution in [0.25, 0.3) is 10.9 Å². The Kier molecular flexibility index (Phi) is 3.98. The van der Waals surface area contributed by atoms with Gasteiger partial charge < -0.3 is 0 Å². The van der Waals surface area contributed by atoms with Crippen molar-refractivity contribution in [2.75, 3.05) is 0 Å². The van der Waals surface area contributed by atoms with Gasteiger partial charge in [0.15, 0.2) is 6.17 Å². The maximum atomic E-state index is 14.0. The Bertz CT molecular complexity index is 731. The lowest BCUT2D eigenvalue weighted by Crippen LogP contribution is -2.15. The van der Waals surface area contributed by atoms with Crippen LogP contribution in [0.5, 0.6) is 0 Å². The van der Waals surface area contributed by atoms with E-state index in [9.17, 15) is 13.6 Å². The second kappa shape index (κ2) is 5.69. The van der Waals surface area contributed by atoms with Crippen LogP contribution in [0, 0.1) is 0 Å². The molecule has 2 rings (SSSR count). The first kappa shape index (κ1) is 14.0. The van der Waals surface area contributed by atoms with Crippen molar-refractivity contribution in [3.8, 4) is 0 Å². The molecule has 1 aromatic carbocycles. The molecule has 102 valence electrons. The SMILES string of the molecule is C=CC(F)c1nnc2ccccc2c(C(F)C=C)c1=O. The molecule has 0 bridgehead atoms. The summed E-state index contributed by atoms with van der Waals surface area (Å²) in [7, 11) is 0. The van der Waals surface area contributed by atoms with Gasteiger partial charge in [0, 0.05) is 10.9 Å². The lowest BCUT2D eigenvalue weighted by Gasteiger charge is -2.03. The Morgan fingerprint density at radius 1 is 1.05 bits per heavy atom. The molecular weight excluding hydrogens is 262 g/mol. The topological polar surface area (TPSA) is 42.9 Å². The van der Waals surface area contributed by atoms with E-state index in [1.165, 1.54) is 0 Å². The minimum atomic E-state index is -1.80. The van der Waals surface area contributed by atoms with Gasteiger partial charge in [-0.3, -0.25) is 4.79 Å². The fraction of sp³-hybridized carbons (Fsp3) is 0.133. The van der Waals surface area contributed by atoms with E-state index in [2.05, 4.69) is 23.4 Å². The summed E-state index contributed by atoms with van der Waals surface area (Å²) in [6.07, 6.45) is -1.62. The smallest absolute Gasteiger partial charge is 0.212 e. The molecule has 0 spiro atoms. The van der Waals surface area contributed by atoms with Crippen LogP contribution in [0.2, 0.25) is 0 Å². The van der Waals surface area contributed by atoms with Gasteiger partial charge in [-0.05, 0) is 6.07 Å². The number of rotatable bonds is 4. The zero-order chi connectivity index (χ0) is 14.7. The zero-order valence-electron chi connectivity index (χ0n) is 10.6. The van der Waals surface area contributed by atoms with Crippen molar-refractivity contribution in [2.24, 2.45) is 0 Å². The third-order valence-electron chi connectivity index (χ3n) is 2.89. The van der Waals surface area contributed by atoms with Crippen molar-refractivity contribution < 1.29 is 8.78 Å². The highest BCUT2D eigenvalue weighted by atomic mass is 19.1. The van der Waals surface area contributed by atoms with Crippen LogP contribution in [0.3, 0.4) is 0 Å². The van der Waals surface area contributed by atoms with Gasteiger partial charge >= 0.3 is 0 Å². The Morgan fingerprint density at radius 3 is 2.35 bits per heavy atom. The predicted octanol–water partition coefficient (Wildman–Crippen LogP) is 3.38. The Balaban J connectivity index is 2.96. The maximum Gasteiger partial charge on any atom is 0.212 e. The van der Waals surface area contributed by atoms with Gasteiger partial charge in [-0.25, -0.2) is 8.78 Å². The number of nitrogens with zero attached hydrogens (tertiary/aromatic N) is 2. The van der Waals surface area contributed by atoms with E-state index in [0.717, 1.165) is 12.2 Å². The standard InChI is InChI=1S/C15H12F2N2O/c1-3-10(16)13-9-7-5-6-8-12(9)18-19-14(15(13)20)11(17)4-2/h3-8,10-11H,1-2H2. The first-order valence-electron chi connectivity index (χ1n) is 5.93. The molecule has 0 saturated heterocycles. The van der Waals surface area contributed by atoms with Gasteiger partial charge in [-0.2, -0.15) is 0 Å². The second-order valence-electron chi connectivity index (χ2n) is 4.12. The quantitative estimate of drug-likeness (QED) is 0.803. The summed E-state index contributed by atoms with van der Waals surface area (Å²) in [5.74, 6) is 0. The van der Waals surface area contributed by atoms with E-state index >= 15 is 0 Å². The number of hydrogen-bond acceptors (Lipinski definition) is 3. The molecular formula is C15H12F2N2O. The van der Waals surface area contributed by atoms with Gasteiger partial charge in [0.1, 0.15) is 11.9 Å². The first-order chi connectivity index (χ1) is 9.60. The van der Waals surface area contributed by atoms with Crippen LogP contribution in [-0.4, -0.2) is 10.2 Å². The van der Waals surface area contributed by atoms with E-state index in [1.54, 1.807) is 24.3 Å². The number of hydrogen-bond donors (Lipinski definition) is 0. The van der Waals surface area contributed by atoms with Crippen molar-refractivity contribution in [1.29, 1.82) is 0 Å². The lowest BCUT2D eigenvalue weighted by atomic mass is 10.0. The first-order valence-corrected chi connectivity index (χ1v) is 5.93. The molecule has 2 aromatic rings. The minimum Gasteiger partial charge on any atom is -0.287 e. The van der Waals surface area contributed by atoms with Gasteiger partial charge in [0.25, 0.3) is 0 Å². The highest BCUT2D eigenvalue weighted by Crippen LogP contribution is 2.24. The normalized spacial score (nSPS) is 13.7. The summed E-state index contributed by atoms with van der Waals surface area (Å²) in [4.78, 5) is 12.3. The summed E-state index contributed by atoms with van der Waals surface area (Å²) in [5.41, 5.74) is -1.19. The average Bonchev–Trinajstić information content (AvgIpc) is 2.62. The highest BCUT2D eigenvalue weighted by molar-refractivity contribution is 5.81. The summed E-state index contributed by atoms with van der Waals surface area (Å²) in [6.45, 7) is 6.60.